The maximum Gasteiger partial charge on any atom is 0.128 e. The molecular formula is C15H24N2O. The van der Waals surface area contributed by atoms with Crippen molar-refractivity contribution in [2.75, 3.05) is 11.4 Å². The van der Waals surface area contributed by atoms with Crippen molar-refractivity contribution in [3.05, 3.63) is 23.9 Å². The first-order chi connectivity index (χ1) is 8.72. The zero-order valence-electron chi connectivity index (χ0n) is 11.5. The predicted molar refractivity (Wildman–Crippen MR) is 74.8 cm³/mol. The summed E-state index contributed by atoms with van der Waals surface area (Å²) in [6.45, 7) is 5.14. The molecule has 3 heteroatoms. The Kier molecular flexibility index (Phi) is 4.59. The first kappa shape index (κ1) is 13.3. The van der Waals surface area contributed by atoms with Gasteiger partial charge in [0.15, 0.2) is 0 Å². The molecule has 0 aromatic carbocycles. The summed E-state index contributed by atoms with van der Waals surface area (Å²) in [6.07, 6.45) is 7.74. The minimum absolute atomic E-state index is 0.431. The van der Waals surface area contributed by atoms with Crippen LogP contribution in [0.5, 0.6) is 0 Å². The molecule has 1 aliphatic rings. The largest absolute Gasteiger partial charge is 0.389 e. The van der Waals surface area contributed by atoms with Gasteiger partial charge in [-0.05, 0) is 44.2 Å². The monoisotopic (exact) mass is 248 g/mol. The number of aromatic nitrogens is 1. The molecule has 0 aliphatic carbocycles. The maximum atomic E-state index is 9.51. The SMILES string of the molecule is CCCC1CCCCN1c1ccc([C@H](C)O)cn1. The highest BCUT2D eigenvalue weighted by Crippen LogP contribution is 2.26. The van der Waals surface area contributed by atoms with Crippen molar-refractivity contribution in [1.82, 2.24) is 4.98 Å². The number of piperidine rings is 1. The average Bonchev–Trinajstić information content (AvgIpc) is 2.40. The molecule has 0 bridgehead atoms. The molecule has 1 aromatic rings. The average molecular weight is 248 g/mol. The molecule has 0 saturated carbocycles. The molecule has 100 valence electrons. The molecule has 18 heavy (non-hydrogen) atoms. The summed E-state index contributed by atoms with van der Waals surface area (Å²) in [5, 5.41) is 9.51. The van der Waals surface area contributed by atoms with Crippen molar-refractivity contribution in [2.45, 2.75) is 58.1 Å². The van der Waals surface area contributed by atoms with E-state index in [0.717, 1.165) is 17.9 Å². The van der Waals surface area contributed by atoms with Crippen LogP contribution in [0.15, 0.2) is 18.3 Å². The summed E-state index contributed by atoms with van der Waals surface area (Å²) in [6, 6.07) is 4.69. The Morgan fingerprint density at radius 3 is 2.89 bits per heavy atom. The van der Waals surface area contributed by atoms with Crippen LogP contribution in [-0.4, -0.2) is 22.7 Å². The number of pyridine rings is 1. The third-order valence-corrected chi connectivity index (χ3v) is 3.80. The summed E-state index contributed by atoms with van der Waals surface area (Å²) in [5.41, 5.74) is 0.891. The molecule has 1 saturated heterocycles. The standard InChI is InChI=1S/C15H24N2O/c1-3-6-14-7-4-5-10-17(14)15-9-8-13(11-16-15)12(2)18/h8-9,11-12,14,18H,3-7,10H2,1-2H3/t12-,14?/m0/s1. The maximum absolute atomic E-state index is 9.51. The van der Waals surface area contributed by atoms with Crippen molar-refractivity contribution in [3.8, 4) is 0 Å². The molecule has 2 heterocycles. The topological polar surface area (TPSA) is 36.4 Å². The lowest BCUT2D eigenvalue weighted by Crippen LogP contribution is -2.40. The highest BCUT2D eigenvalue weighted by Gasteiger charge is 2.22. The Labute approximate surface area is 110 Å². The van der Waals surface area contributed by atoms with E-state index in [1.165, 1.54) is 32.1 Å². The molecule has 0 spiro atoms. The molecule has 2 atom stereocenters. The molecule has 1 unspecified atom stereocenters. The number of nitrogens with zero attached hydrogens (tertiary/aromatic N) is 2. The van der Waals surface area contributed by atoms with E-state index in [4.69, 9.17) is 0 Å². The Morgan fingerprint density at radius 1 is 1.44 bits per heavy atom. The van der Waals surface area contributed by atoms with Gasteiger partial charge in [-0.15, -0.1) is 0 Å². The minimum atomic E-state index is -0.431. The van der Waals surface area contributed by atoms with E-state index in [1.54, 1.807) is 13.1 Å². The lowest BCUT2D eigenvalue weighted by molar-refractivity contribution is 0.199. The number of aliphatic hydroxyl groups is 1. The fourth-order valence-corrected chi connectivity index (χ4v) is 2.75. The second kappa shape index (κ2) is 6.19. The molecular weight excluding hydrogens is 224 g/mol. The van der Waals surface area contributed by atoms with Gasteiger partial charge in [-0.1, -0.05) is 19.4 Å². The smallest absolute Gasteiger partial charge is 0.128 e. The van der Waals surface area contributed by atoms with E-state index >= 15 is 0 Å². The van der Waals surface area contributed by atoms with Crippen LogP contribution in [0.3, 0.4) is 0 Å². The summed E-state index contributed by atoms with van der Waals surface area (Å²) in [7, 11) is 0. The fourth-order valence-electron chi connectivity index (χ4n) is 2.75. The lowest BCUT2D eigenvalue weighted by Gasteiger charge is -2.36. The molecule has 1 aliphatic heterocycles. The van der Waals surface area contributed by atoms with E-state index in [1.807, 2.05) is 6.07 Å². The number of hydrogen-bond acceptors (Lipinski definition) is 3. The molecule has 3 nitrogen and oxygen atoms in total. The highest BCUT2D eigenvalue weighted by molar-refractivity contribution is 5.41. The van der Waals surface area contributed by atoms with Crippen LogP contribution < -0.4 is 4.90 Å². The zero-order chi connectivity index (χ0) is 13.0. The van der Waals surface area contributed by atoms with Crippen LogP contribution in [0.1, 0.15) is 57.6 Å². The molecule has 1 N–H and O–H groups in total. The predicted octanol–water partition coefficient (Wildman–Crippen LogP) is 3.29. The van der Waals surface area contributed by atoms with Crippen molar-refractivity contribution in [2.24, 2.45) is 0 Å². The quantitative estimate of drug-likeness (QED) is 0.888. The van der Waals surface area contributed by atoms with E-state index in [2.05, 4.69) is 22.9 Å². The molecule has 1 fully saturated rings. The molecule has 1 aromatic heterocycles. The Bertz CT molecular complexity index is 359. The number of anilines is 1. The van der Waals surface area contributed by atoms with Gasteiger partial charge in [0.25, 0.3) is 0 Å². The fraction of sp³-hybridized carbons (Fsp3) is 0.667. The van der Waals surface area contributed by atoms with E-state index in [-0.39, 0.29) is 0 Å². The molecule has 0 radical (unpaired) electrons. The molecule has 2 rings (SSSR count). The van der Waals surface area contributed by atoms with Crippen molar-refractivity contribution >= 4 is 5.82 Å². The lowest BCUT2D eigenvalue weighted by atomic mass is 9.98. The first-order valence-electron chi connectivity index (χ1n) is 7.13. The van der Waals surface area contributed by atoms with Crippen LogP contribution in [0.4, 0.5) is 5.82 Å². The van der Waals surface area contributed by atoms with E-state index in [9.17, 15) is 5.11 Å². The van der Waals surface area contributed by atoms with Gasteiger partial charge in [-0.2, -0.15) is 0 Å². The van der Waals surface area contributed by atoms with Crippen LogP contribution in [-0.2, 0) is 0 Å². The van der Waals surface area contributed by atoms with Gasteiger partial charge in [0, 0.05) is 18.8 Å². The number of rotatable bonds is 4. The third kappa shape index (κ3) is 3.02. The first-order valence-corrected chi connectivity index (χ1v) is 7.13. The number of hydrogen-bond donors (Lipinski definition) is 1. The van der Waals surface area contributed by atoms with Crippen LogP contribution in [0, 0.1) is 0 Å². The highest BCUT2D eigenvalue weighted by atomic mass is 16.3. The Hall–Kier alpha value is -1.09. The summed E-state index contributed by atoms with van der Waals surface area (Å²) >= 11 is 0. The third-order valence-electron chi connectivity index (χ3n) is 3.80. The minimum Gasteiger partial charge on any atom is -0.389 e. The van der Waals surface area contributed by atoms with Gasteiger partial charge in [-0.3, -0.25) is 0 Å². The Morgan fingerprint density at radius 2 is 2.28 bits per heavy atom. The number of aliphatic hydroxyl groups excluding tert-OH is 1. The Balaban J connectivity index is 2.12. The van der Waals surface area contributed by atoms with E-state index < -0.39 is 6.10 Å². The van der Waals surface area contributed by atoms with E-state index in [0.29, 0.717) is 6.04 Å². The van der Waals surface area contributed by atoms with Gasteiger partial charge in [0.2, 0.25) is 0 Å². The zero-order valence-corrected chi connectivity index (χ0v) is 11.5. The normalized spacial score (nSPS) is 21.9. The van der Waals surface area contributed by atoms with Crippen molar-refractivity contribution in [1.29, 1.82) is 0 Å². The van der Waals surface area contributed by atoms with Crippen molar-refractivity contribution < 1.29 is 5.11 Å². The molecule has 0 amide bonds. The van der Waals surface area contributed by atoms with Gasteiger partial charge < -0.3 is 10.0 Å². The van der Waals surface area contributed by atoms with Crippen molar-refractivity contribution in [3.63, 3.8) is 0 Å². The summed E-state index contributed by atoms with van der Waals surface area (Å²) in [5.74, 6) is 1.07. The summed E-state index contributed by atoms with van der Waals surface area (Å²) < 4.78 is 0. The van der Waals surface area contributed by atoms with Crippen LogP contribution in [0.2, 0.25) is 0 Å². The van der Waals surface area contributed by atoms with Gasteiger partial charge in [-0.25, -0.2) is 4.98 Å². The second-order valence-electron chi connectivity index (χ2n) is 5.26. The van der Waals surface area contributed by atoms with Gasteiger partial charge in [0.1, 0.15) is 5.82 Å². The second-order valence-corrected chi connectivity index (χ2v) is 5.26. The van der Waals surface area contributed by atoms with Crippen LogP contribution in [0.25, 0.3) is 0 Å². The van der Waals surface area contributed by atoms with Crippen LogP contribution >= 0.6 is 0 Å². The van der Waals surface area contributed by atoms with Gasteiger partial charge in [0.05, 0.1) is 6.10 Å². The van der Waals surface area contributed by atoms with Gasteiger partial charge >= 0.3 is 0 Å². The summed E-state index contributed by atoms with van der Waals surface area (Å²) in [4.78, 5) is 6.97.